The van der Waals surface area contributed by atoms with E-state index in [0.29, 0.717) is 5.78 Å². The van der Waals surface area contributed by atoms with Crippen LogP contribution < -0.4 is 5.32 Å². The summed E-state index contributed by atoms with van der Waals surface area (Å²) in [6.07, 6.45) is 11.7. The molecule has 1 aliphatic rings. The number of hydrogen-bond donors (Lipinski definition) is 1. The zero-order chi connectivity index (χ0) is 12.3. The summed E-state index contributed by atoms with van der Waals surface area (Å²) in [6.45, 7) is 5.98. The Kier molecular flexibility index (Phi) is 7.98. The number of allylic oxidation sites excluding steroid dienone is 1. The average Bonchev–Trinajstić information content (AvgIpc) is 2.37. The highest BCUT2D eigenvalue weighted by atomic mass is 16.1. The van der Waals surface area contributed by atoms with Crippen LogP contribution in [0.25, 0.3) is 0 Å². The van der Waals surface area contributed by atoms with Gasteiger partial charge in [0, 0.05) is 12.8 Å². The van der Waals surface area contributed by atoms with E-state index in [1.807, 2.05) is 6.08 Å². The summed E-state index contributed by atoms with van der Waals surface area (Å²) in [5.74, 6) is 1.27. The number of hydrogen-bond acceptors (Lipinski definition) is 2. The first-order valence-electron chi connectivity index (χ1n) is 7.16. The van der Waals surface area contributed by atoms with E-state index in [1.54, 1.807) is 0 Å². The van der Waals surface area contributed by atoms with Gasteiger partial charge in [0.15, 0.2) is 0 Å². The Morgan fingerprint density at radius 1 is 1.18 bits per heavy atom. The molecule has 0 unspecified atom stereocenters. The molecule has 0 aromatic rings. The number of unbranched alkanes of at least 4 members (excludes halogenated alkanes) is 3. The van der Waals surface area contributed by atoms with Crippen molar-refractivity contribution in [1.82, 2.24) is 5.32 Å². The molecular formula is C15H27NO. The molecule has 1 fully saturated rings. The summed E-state index contributed by atoms with van der Waals surface area (Å²) in [4.78, 5) is 11.7. The van der Waals surface area contributed by atoms with Crippen LogP contribution in [0.15, 0.2) is 12.7 Å². The standard InChI is InChI=1S/C15H27NO/c1-2-3-4-5-6-7-15(17)9-8-14-10-12-16-13-11-14/h2,14,16H,1,3-13H2. The molecule has 0 aromatic carbocycles. The van der Waals surface area contributed by atoms with E-state index in [4.69, 9.17) is 0 Å². The summed E-state index contributed by atoms with van der Waals surface area (Å²) in [5.41, 5.74) is 0. The predicted molar refractivity (Wildman–Crippen MR) is 73.1 cm³/mol. The van der Waals surface area contributed by atoms with Gasteiger partial charge in [-0.2, -0.15) is 0 Å². The molecule has 1 N–H and O–H groups in total. The molecule has 0 aromatic heterocycles. The Labute approximate surface area is 106 Å². The molecule has 0 atom stereocenters. The van der Waals surface area contributed by atoms with Crippen LogP contribution in [-0.2, 0) is 4.79 Å². The van der Waals surface area contributed by atoms with Gasteiger partial charge in [-0.05, 0) is 57.5 Å². The lowest BCUT2D eigenvalue weighted by molar-refractivity contribution is -0.119. The molecule has 0 bridgehead atoms. The highest BCUT2D eigenvalue weighted by Gasteiger charge is 2.14. The third kappa shape index (κ3) is 7.32. The quantitative estimate of drug-likeness (QED) is 0.491. The zero-order valence-electron chi connectivity index (χ0n) is 11.0. The molecule has 1 saturated heterocycles. The third-order valence-corrected chi connectivity index (χ3v) is 3.65. The monoisotopic (exact) mass is 237 g/mol. The maximum absolute atomic E-state index is 11.7. The van der Waals surface area contributed by atoms with E-state index in [-0.39, 0.29) is 0 Å². The fourth-order valence-electron chi connectivity index (χ4n) is 2.45. The highest BCUT2D eigenvalue weighted by molar-refractivity contribution is 5.78. The van der Waals surface area contributed by atoms with Crippen LogP contribution in [0.2, 0.25) is 0 Å². The van der Waals surface area contributed by atoms with Crippen molar-refractivity contribution in [3.05, 3.63) is 12.7 Å². The molecule has 0 radical (unpaired) electrons. The number of nitrogens with one attached hydrogen (secondary N) is 1. The minimum absolute atomic E-state index is 0.474. The van der Waals surface area contributed by atoms with Crippen LogP contribution in [0.4, 0.5) is 0 Å². The van der Waals surface area contributed by atoms with Crippen molar-refractivity contribution in [2.24, 2.45) is 5.92 Å². The molecule has 98 valence electrons. The van der Waals surface area contributed by atoms with Crippen LogP contribution in [0.1, 0.15) is 57.8 Å². The largest absolute Gasteiger partial charge is 0.317 e. The van der Waals surface area contributed by atoms with Gasteiger partial charge in [0.25, 0.3) is 0 Å². The van der Waals surface area contributed by atoms with Crippen molar-refractivity contribution in [2.75, 3.05) is 13.1 Å². The van der Waals surface area contributed by atoms with Gasteiger partial charge in [-0.15, -0.1) is 6.58 Å². The van der Waals surface area contributed by atoms with Crippen molar-refractivity contribution in [2.45, 2.75) is 57.8 Å². The zero-order valence-corrected chi connectivity index (χ0v) is 11.0. The number of Topliss-reactive ketones (excluding diaryl/α,β-unsaturated/α-hetero) is 1. The first kappa shape index (κ1) is 14.4. The second-order valence-electron chi connectivity index (χ2n) is 5.16. The van der Waals surface area contributed by atoms with E-state index < -0.39 is 0 Å². The summed E-state index contributed by atoms with van der Waals surface area (Å²) in [5, 5.41) is 3.36. The third-order valence-electron chi connectivity index (χ3n) is 3.65. The van der Waals surface area contributed by atoms with Crippen LogP contribution in [0.3, 0.4) is 0 Å². The Morgan fingerprint density at radius 2 is 1.94 bits per heavy atom. The minimum atomic E-state index is 0.474. The van der Waals surface area contributed by atoms with Crippen molar-refractivity contribution in [3.8, 4) is 0 Å². The Hall–Kier alpha value is -0.630. The normalized spacial score (nSPS) is 16.9. The Morgan fingerprint density at radius 3 is 2.65 bits per heavy atom. The van der Waals surface area contributed by atoms with E-state index >= 15 is 0 Å². The van der Waals surface area contributed by atoms with Crippen LogP contribution in [0, 0.1) is 5.92 Å². The number of ketones is 1. The summed E-state index contributed by atoms with van der Waals surface area (Å²) in [7, 11) is 0. The van der Waals surface area contributed by atoms with Crippen molar-refractivity contribution >= 4 is 5.78 Å². The predicted octanol–water partition coefficient (Wildman–Crippen LogP) is 3.47. The van der Waals surface area contributed by atoms with E-state index in [9.17, 15) is 4.79 Å². The fraction of sp³-hybridized carbons (Fsp3) is 0.800. The first-order valence-corrected chi connectivity index (χ1v) is 7.16. The van der Waals surface area contributed by atoms with Gasteiger partial charge in [-0.3, -0.25) is 4.79 Å². The number of rotatable bonds is 9. The number of carbonyl (C=O) groups excluding carboxylic acids is 1. The Balaban J connectivity index is 1.94. The smallest absolute Gasteiger partial charge is 0.132 e. The summed E-state index contributed by atoms with van der Waals surface area (Å²) >= 11 is 0. The molecule has 2 heteroatoms. The first-order chi connectivity index (χ1) is 8.33. The fourth-order valence-corrected chi connectivity index (χ4v) is 2.45. The molecule has 17 heavy (non-hydrogen) atoms. The summed E-state index contributed by atoms with van der Waals surface area (Å²) < 4.78 is 0. The molecule has 1 rings (SSSR count). The molecule has 0 spiro atoms. The summed E-state index contributed by atoms with van der Waals surface area (Å²) in [6, 6.07) is 0. The molecular weight excluding hydrogens is 210 g/mol. The molecule has 0 saturated carbocycles. The van der Waals surface area contributed by atoms with E-state index in [1.165, 1.54) is 25.7 Å². The minimum Gasteiger partial charge on any atom is -0.317 e. The number of carbonyl (C=O) groups is 1. The second kappa shape index (κ2) is 9.41. The molecule has 1 heterocycles. The van der Waals surface area contributed by atoms with Gasteiger partial charge in [0.2, 0.25) is 0 Å². The average molecular weight is 237 g/mol. The molecule has 1 aliphatic heterocycles. The van der Waals surface area contributed by atoms with Crippen LogP contribution in [-0.4, -0.2) is 18.9 Å². The number of piperidine rings is 1. The van der Waals surface area contributed by atoms with Gasteiger partial charge >= 0.3 is 0 Å². The van der Waals surface area contributed by atoms with E-state index in [0.717, 1.165) is 51.1 Å². The SMILES string of the molecule is C=CCCCCCC(=O)CCC1CCNCC1. The molecule has 0 amide bonds. The second-order valence-corrected chi connectivity index (χ2v) is 5.16. The highest BCUT2D eigenvalue weighted by Crippen LogP contribution is 2.18. The van der Waals surface area contributed by atoms with Gasteiger partial charge < -0.3 is 5.32 Å². The van der Waals surface area contributed by atoms with Gasteiger partial charge in [-0.25, -0.2) is 0 Å². The maximum atomic E-state index is 11.7. The van der Waals surface area contributed by atoms with Gasteiger partial charge in [0.05, 0.1) is 0 Å². The van der Waals surface area contributed by atoms with Gasteiger partial charge in [0.1, 0.15) is 5.78 Å². The topological polar surface area (TPSA) is 29.1 Å². The van der Waals surface area contributed by atoms with E-state index in [2.05, 4.69) is 11.9 Å². The lowest BCUT2D eigenvalue weighted by Crippen LogP contribution is -2.27. The maximum Gasteiger partial charge on any atom is 0.132 e. The van der Waals surface area contributed by atoms with Crippen molar-refractivity contribution in [1.29, 1.82) is 0 Å². The van der Waals surface area contributed by atoms with Crippen molar-refractivity contribution < 1.29 is 4.79 Å². The van der Waals surface area contributed by atoms with Crippen molar-refractivity contribution in [3.63, 3.8) is 0 Å². The van der Waals surface area contributed by atoms with Crippen LogP contribution in [0.5, 0.6) is 0 Å². The lowest BCUT2D eigenvalue weighted by Gasteiger charge is -2.22. The molecule has 2 nitrogen and oxygen atoms in total. The molecule has 0 aliphatic carbocycles. The van der Waals surface area contributed by atoms with Gasteiger partial charge in [-0.1, -0.05) is 12.5 Å². The Bertz CT molecular complexity index is 219. The lowest BCUT2D eigenvalue weighted by atomic mass is 9.91. The van der Waals surface area contributed by atoms with Crippen LogP contribution >= 0.6 is 0 Å².